The smallest absolute Gasteiger partial charge is 0.166 e. The van der Waals surface area contributed by atoms with Crippen LogP contribution in [0.1, 0.15) is 22.7 Å². The van der Waals surface area contributed by atoms with Gasteiger partial charge in [-0.05, 0) is 35.4 Å². The van der Waals surface area contributed by atoms with Crippen LogP contribution < -0.4 is 38.2 Å². The van der Waals surface area contributed by atoms with Crippen molar-refractivity contribution in [3.63, 3.8) is 0 Å². The summed E-state index contributed by atoms with van der Waals surface area (Å²) < 4.78 is 16.8. The van der Waals surface area contributed by atoms with Crippen LogP contribution in [-0.2, 0) is 12.8 Å². The molecule has 2 aromatic carbocycles. The van der Waals surface area contributed by atoms with Crippen molar-refractivity contribution in [2.45, 2.75) is 18.9 Å². The summed E-state index contributed by atoms with van der Waals surface area (Å²) in [5.74, 6) is 1.99. The second-order valence-corrected chi connectivity index (χ2v) is 7.40. The second kappa shape index (κ2) is 9.55. The maximum atomic E-state index is 10.2. The summed E-state index contributed by atoms with van der Waals surface area (Å²) in [4.78, 5) is 0. The van der Waals surface area contributed by atoms with Gasteiger partial charge in [0.2, 0.25) is 0 Å². The van der Waals surface area contributed by atoms with Crippen LogP contribution in [0.2, 0.25) is 0 Å². The maximum absolute atomic E-state index is 10.2. The molecule has 0 saturated heterocycles. The Bertz CT molecular complexity index is 912. The summed E-state index contributed by atoms with van der Waals surface area (Å²) in [5, 5.41) is 19.6. The number of benzene rings is 2. The molecule has 29 heavy (non-hydrogen) atoms. The standard InChI is InChI=1S/C22H26N2O4.HI/c1-24(10-8-23)9-7-16-13-19(25)21(27-3)14-17(16)18(24)11-15-5-6-20(26-2)22(12-15)28-4;/h5-6,12-14,18H,7,9-11H2,1-4H3;1H. The molecule has 0 radical (unpaired) electrons. The zero-order valence-electron chi connectivity index (χ0n) is 17.2. The van der Waals surface area contributed by atoms with Gasteiger partial charge in [0, 0.05) is 18.4 Å². The normalized spacial score (nSPS) is 20.0. The molecule has 0 amide bonds. The fourth-order valence-corrected chi connectivity index (χ4v) is 4.10. The van der Waals surface area contributed by atoms with Gasteiger partial charge in [-0.15, -0.1) is 0 Å². The molecule has 6 nitrogen and oxygen atoms in total. The molecule has 0 aliphatic carbocycles. The van der Waals surface area contributed by atoms with E-state index in [0.29, 0.717) is 28.3 Å². The van der Waals surface area contributed by atoms with Gasteiger partial charge in [-0.25, -0.2) is 0 Å². The maximum Gasteiger partial charge on any atom is 0.166 e. The lowest BCUT2D eigenvalue weighted by molar-refractivity contribution is -0.935. The third-order valence-electron chi connectivity index (χ3n) is 5.75. The Hall–Kier alpha value is -2.18. The highest BCUT2D eigenvalue weighted by atomic mass is 127. The van der Waals surface area contributed by atoms with Crippen molar-refractivity contribution in [1.82, 2.24) is 0 Å². The Morgan fingerprint density at radius 3 is 2.38 bits per heavy atom. The predicted octanol–water partition coefficient (Wildman–Crippen LogP) is 0.232. The van der Waals surface area contributed by atoms with Crippen LogP contribution >= 0.6 is 0 Å². The number of hydrogen-bond donors (Lipinski definition) is 1. The van der Waals surface area contributed by atoms with Crippen molar-refractivity contribution >= 4 is 0 Å². The first-order valence-corrected chi connectivity index (χ1v) is 9.27. The van der Waals surface area contributed by atoms with Crippen LogP contribution in [0.25, 0.3) is 0 Å². The highest BCUT2D eigenvalue weighted by Gasteiger charge is 2.39. The molecule has 0 bridgehead atoms. The minimum Gasteiger partial charge on any atom is -1.00 e. The molecule has 1 aliphatic rings. The Morgan fingerprint density at radius 2 is 1.76 bits per heavy atom. The third kappa shape index (κ3) is 4.54. The Balaban J connectivity index is 0.00000300. The van der Waals surface area contributed by atoms with Gasteiger partial charge in [-0.3, -0.25) is 0 Å². The predicted molar refractivity (Wildman–Crippen MR) is 106 cm³/mol. The van der Waals surface area contributed by atoms with Gasteiger partial charge in [0.25, 0.3) is 0 Å². The van der Waals surface area contributed by atoms with Crippen molar-refractivity contribution in [2.75, 3.05) is 41.5 Å². The summed E-state index contributed by atoms with van der Waals surface area (Å²) >= 11 is 0. The molecule has 0 fully saturated rings. The van der Waals surface area contributed by atoms with E-state index in [-0.39, 0.29) is 35.8 Å². The fraction of sp³-hybridized carbons (Fsp3) is 0.409. The topological polar surface area (TPSA) is 71.7 Å². The summed E-state index contributed by atoms with van der Waals surface area (Å²) in [6, 6.07) is 12.1. The van der Waals surface area contributed by atoms with E-state index in [1.54, 1.807) is 27.4 Å². The van der Waals surface area contributed by atoms with Crippen LogP contribution in [-0.4, -0.2) is 51.1 Å². The van der Waals surface area contributed by atoms with Gasteiger partial charge in [0.1, 0.15) is 12.1 Å². The molecule has 3 rings (SSSR count). The molecule has 2 unspecified atom stereocenters. The lowest BCUT2D eigenvalue weighted by Crippen LogP contribution is -3.00. The number of fused-ring (bicyclic) bond motifs is 1. The van der Waals surface area contributed by atoms with E-state index < -0.39 is 0 Å². The molecule has 2 aromatic rings. The van der Waals surface area contributed by atoms with Gasteiger partial charge in [-0.2, -0.15) is 5.26 Å². The van der Waals surface area contributed by atoms with Crippen LogP contribution in [0.3, 0.4) is 0 Å². The SMILES string of the molecule is COc1cc2c(cc1O)CC[N+](C)(CC#N)C2Cc1ccc(OC)c(OC)c1.[I-]. The fourth-order valence-electron chi connectivity index (χ4n) is 4.10. The highest BCUT2D eigenvalue weighted by Crippen LogP contribution is 2.42. The summed E-state index contributed by atoms with van der Waals surface area (Å²) in [6.45, 7) is 1.25. The molecule has 0 saturated carbocycles. The third-order valence-corrected chi connectivity index (χ3v) is 5.75. The van der Waals surface area contributed by atoms with E-state index in [1.165, 1.54) is 0 Å². The number of likely N-dealkylation sites (N-methyl/N-ethyl adjacent to an activating group) is 1. The van der Waals surface area contributed by atoms with Crippen molar-refractivity contribution in [2.24, 2.45) is 0 Å². The van der Waals surface area contributed by atoms with Gasteiger partial charge in [0.15, 0.2) is 29.5 Å². The average Bonchev–Trinajstić information content (AvgIpc) is 2.70. The number of hydrogen-bond acceptors (Lipinski definition) is 5. The van der Waals surface area contributed by atoms with E-state index in [0.717, 1.165) is 36.1 Å². The summed E-state index contributed by atoms with van der Waals surface area (Å²) in [7, 11) is 6.92. The van der Waals surface area contributed by atoms with Crippen LogP contribution in [0.4, 0.5) is 0 Å². The minimum absolute atomic E-state index is 0. The summed E-state index contributed by atoms with van der Waals surface area (Å²) in [5.41, 5.74) is 3.33. The lowest BCUT2D eigenvalue weighted by Gasteiger charge is -2.44. The van der Waals surface area contributed by atoms with Gasteiger partial charge in [0.05, 0.1) is 34.9 Å². The van der Waals surface area contributed by atoms with Crippen LogP contribution in [0, 0.1) is 11.3 Å². The van der Waals surface area contributed by atoms with E-state index in [2.05, 4.69) is 13.1 Å². The lowest BCUT2D eigenvalue weighted by atomic mass is 9.86. The first-order valence-electron chi connectivity index (χ1n) is 9.27. The molecule has 1 heterocycles. The second-order valence-electron chi connectivity index (χ2n) is 7.40. The number of methoxy groups -OCH3 is 3. The van der Waals surface area contributed by atoms with E-state index in [4.69, 9.17) is 14.2 Å². The molecule has 0 aromatic heterocycles. The van der Waals surface area contributed by atoms with Crippen LogP contribution in [0.5, 0.6) is 23.0 Å². The number of phenolic OH excluding ortho intramolecular Hbond substituents is 1. The van der Waals surface area contributed by atoms with Crippen molar-refractivity contribution in [3.8, 4) is 29.1 Å². The minimum atomic E-state index is 0. The number of nitriles is 1. The number of aromatic hydroxyl groups is 1. The number of quaternary nitrogens is 1. The van der Waals surface area contributed by atoms with Crippen molar-refractivity contribution < 1.29 is 47.8 Å². The largest absolute Gasteiger partial charge is 1.00 e. The highest BCUT2D eigenvalue weighted by molar-refractivity contribution is 5.49. The Kier molecular flexibility index (Phi) is 7.60. The van der Waals surface area contributed by atoms with Gasteiger partial charge < -0.3 is 47.8 Å². The molecule has 156 valence electrons. The molecular weight excluding hydrogens is 483 g/mol. The zero-order chi connectivity index (χ0) is 20.3. The van der Waals surface area contributed by atoms with Crippen molar-refractivity contribution in [1.29, 1.82) is 5.26 Å². The van der Waals surface area contributed by atoms with Crippen LogP contribution in [0.15, 0.2) is 30.3 Å². The van der Waals surface area contributed by atoms with Gasteiger partial charge >= 0.3 is 0 Å². The number of rotatable bonds is 6. The number of phenols is 1. The molecule has 2 atom stereocenters. The molecular formula is C22H27IN2O4. The van der Waals surface area contributed by atoms with E-state index in [1.807, 2.05) is 24.3 Å². The van der Waals surface area contributed by atoms with E-state index >= 15 is 0 Å². The zero-order valence-corrected chi connectivity index (χ0v) is 19.4. The molecule has 1 N–H and O–H groups in total. The summed E-state index contributed by atoms with van der Waals surface area (Å²) in [6.07, 6.45) is 1.55. The number of halogens is 1. The molecule has 1 aliphatic heterocycles. The van der Waals surface area contributed by atoms with Crippen molar-refractivity contribution in [3.05, 3.63) is 47.0 Å². The first-order chi connectivity index (χ1) is 13.5. The monoisotopic (exact) mass is 510 g/mol. The Labute approximate surface area is 189 Å². The van der Waals surface area contributed by atoms with E-state index in [9.17, 15) is 10.4 Å². The average molecular weight is 510 g/mol. The molecule has 0 spiro atoms. The first kappa shape index (κ1) is 23.1. The molecule has 7 heteroatoms. The quantitative estimate of drug-likeness (QED) is 0.343. The number of nitrogens with zero attached hydrogens (tertiary/aromatic N) is 2. The number of ether oxygens (including phenoxy) is 3. The van der Waals surface area contributed by atoms with Gasteiger partial charge in [-0.1, -0.05) is 6.07 Å². The Morgan fingerprint density at radius 1 is 1.07 bits per heavy atom.